The predicted molar refractivity (Wildman–Crippen MR) is 56.9 cm³/mol. The molecule has 0 spiro atoms. The monoisotopic (exact) mass is 191 g/mol. The first-order valence-corrected chi connectivity index (χ1v) is 5.17. The van der Waals surface area contributed by atoms with Gasteiger partial charge < -0.3 is 10.8 Å². The van der Waals surface area contributed by atoms with E-state index in [0.29, 0.717) is 0 Å². The van der Waals surface area contributed by atoms with E-state index in [4.69, 9.17) is 5.73 Å². The number of hydrogen-bond donors (Lipinski definition) is 2. The molecule has 2 heteroatoms. The third-order valence-electron chi connectivity index (χ3n) is 3.32. The third-order valence-corrected chi connectivity index (χ3v) is 3.32. The van der Waals surface area contributed by atoms with Crippen molar-refractivity contribution in [2.45, 2.75) is 37.8 Å². The number of benzene rings is 1. The zero-order valence-electron chi connectivity index (χ0n) is 8.53. The van der Waals surface area contributed by atoms with Gasteiger partial charge in [0.2, 0.25) is 0 Å². The predicted octanol–water partition coefficient (Wildman–Crippen LogP) is 1.91. The Balaban J connectivity index is 2.26. The summed E-state index contributed by atoms with van der Waals surface area (Å²) in [6, 6.07) is 7.80. The molecular weight excluding hydrogens is 174 g/mol. The lowest BCUT2D eigenvalue weighted by molar-refractivity contribution is -0.0561. The highest BCUT2D eigenvalue weighted by atomic mass is 16.3. The van der Waals surface area contributed by atoms with Crippen LogP contribution in [-0.2, 0) is 0 Å². The van der Waals surface area contributed by atoms with Crippen LogP contribution in [0.15, 0.2) is 24.3 Å². The molecule has 0 aliphatic heterocycles. The second kappa shape index (κ2) is 3.37. The Morgan fingerprint density at radius 1 is 1.36 bits per heavy atom. The molecule has 0 amide bonds. The zero-order valence-corrected chi connectivity index (χ0v) is 8.53. The molecule has 76 valence electrons. The molecule has 2 nitrogen and oxygen atoms in total. The van der Waals surface area contributed by atoms with Crippen molar-refractivity contribution in [2.75, 3.05) is 0 Å². The van der Waals surface area contributed by atoms with Gasteiger partial charge in [-0.2, -0.15) is 0 Å². The second-order valence-electron chi connectivity index (χ2n) is 4.29. The lowest BCUT2D eigenvalue weighted by Gasteiger charge is -2.42. The van der Waals surface area contributed by atoms with Crippen molar-refractivity contribution in [1.82, 2.24) is 0 Å². The van der Waals surface area contributed by atoms with E-state index in [2.05, 4.69) is 0 Å². The van der Waals surface area contributed by atoms with Gasteiger partial charge in [0.05, 0.1) is 11.6 Å². The maximum absolute atomic E-state index is 10.1. The van der Waals surface area contributed by atoms with Crippen molar-refractivity contribution < 1.29 is 5.11 Å². The van der Waals surface area contributed by atoms with Gasteiger partial charge in [-0.1, -0.05) is 24.3 Å². The summed E-state index contributed by atoms with van der Waals surface area (Å²) in [5.74, 6) is 0. The Kier molecular flexibility index (Phi) is 2.33. The van der Waals surface area contributed by atoms with Crippen LogP contribution in [0.4, 0.5) is 0 Å². The Bertz CT molecular complexity index is 331. The van der Waals surface area contributed by atoms with Crippen molar-refractivity contribution in [3.63, 3.8) is 0 Å². The topological polar surface area (TPSA) is 46.2 Å². The first kappa shape index (κ1) is 9.69. The largest absolute Gasteiger partial charge is 0.388 e. The number of rotatable bonds is 2. The summed E-state index contributed by atoms with van der Waals surface area (Å²) in [7, 11) is 0. The summed E-state index contributed by atoms with van der Waals surface area (Å²) >= 11 is 0. The van der Waals surface area contributed by atoms with Gasteiger partial charge in [-0.3, -0.25) is 0 Å². The van der Waals surface area contributed by atoms with E-state index in [-0.39, 0.29) is 6.04 Å². The lowest BCUT2D eigenvalue weighted by Crippen LogP contribution is -2.47. The van der Waals surface area contributed by atoms with Crippen LogP contribution in [-0.4, -0.2) is 10.7 Å². The Morgan fingerprint density at radius 3 is 2.50 bits per heavy atom. The fourth-order valence-electron chi connectivity index (χ4n) is 2.08. The molecule has 1 fully saturated rings. The van der Waals surface area contributed by atoms with Gasteiger partial charge in [0.15, 0.2) is 0 Å². The molecule has 1 aliphatic rings. The van der Waals surface area contributed by atoms with Gasteiger partial charge in [0, 0.05) is 0 Å². The van der Waals surface area contributed by atoms with E-state index >= 15 is 0 Å². The van der Waals surface area contributed by atoms with Crippen LogP contribution in [0.2, 0.25) is 0 Å². The molecule has 0 aromatic heterocycles. The van der Waals surface area contributed by atoms with Crippen LogP contribution in [0, 0.1) is 6.92 Å². The van der Waals surface area contributed by atoms with Crippen molar-refractivity contribution in [3.05, 3.63) is 35.4 Å². The molecule has 0 radical (unpaired) electrons. The van der Waals surface area contributed by atoms with Crippen LogP contribution in [0.5, 0.6) is 0 Å². The highest BCUT2D eigenvalue weighted by Gasteiger charge is 2.41. The summed E-state index contributed by atoms with van der Waals surface area (Å²) < 4.78 is 0. The van der Waals surface area contributed by atoms with Crippen LogP contribution in [0.25, 0.3) is 0 Å². The molecule has 2 rings (SSSR count). The van der Waals surface area contributed by atoms with E-state index in [1.807, 2.05) is 31.2 Å². The highest BCUT2D eigenvalue weighted by molar-refractivity contribution is 5.31. The van der Waals surface area contributed by atoms with Crippen molar-refractivity contribution in [3.8, 4) is 0 Å². The van der Waals surface area contributed by atoms with Gasteiger partial charge in [0.25, 0.3) is 0 Å². The van der Waals surface area contributed by atoms with E-state index < -0.39 is 5.60 Å². The number of hydrogen-bond acceptors (Lipinski definition) is 2. The van der Waals surface area contributed by atoms with Gasteiger partial charge in [-0.15, -0.1) is 0 Å². The van der Waals surface area contributed by atoms with Gasteiger partial charge in [-0.25, -0.2) is 0 Å². The van der Waals surface area contributed by atoms with E-state index in [9.17, 15) is 5.11 Å². The molecule has 1 aromatic carbocycles. The SMILES string of the molecule is Cc1ccccc1[C@@H](N)C1(O)CCC1. The van der Waals surface area contributed by atoms with Crippen LogP contribution < -0.4 is 5.73 Å². The molecule has 1 saturated carbocycles. The van der Waals surface area contributed by atoms with Crippen molar-refractivity contribution in [2.24, 2.45) is 5.73 Å². The summed E-state index contributed by atoms with van der Waals surface area (Å²) in [6.07, 6.45) is 2.76. The minimum atomic E-state index is -0.647. The minimum Gasteiger partial charge on any atom is -0.388 e. The molecule has 0 heterocycles. The molecule has 3 N–H and O–H groups in total. The Labute approximate surface area is 84.7 Å². The van der Waals surface area contributed by atoms with E-state index in [1.54, 1.807) is 0 Å². The van der Waals surface area contributed by atoms with Crippen LogP contribution in [0.3, 0.4) is 0 Å². The fourth-order valence-corrected chi connectivity index (χ4v) is 2.08. The highest BCUT2D eigenvalue weighted by Crippen LogP contribution is 2.41. The number of nitrogens with two attached hydrogens (primary N) is 1. The summed E-state index contributed by atoms with van der Waals surface area (Å²) in [5, 5.41) is 10.1. The Hall–Kier alpha value is -0.860. The van der Waals surface area contributed by atoms with Gasteiger partial charge in [-0.05, 0) is 37.3 Å². The molecule has 0 saturated heterocycles. The maximum atomic E-state index is 10.1. The molecule has 1 aromatic rings. The van der Waals surface area contributed by atoms with Gasteiger partial charge in [0.1, 0.15) is 0 Å². The fraction of sp³-hybridized carbons (Fsp3) is 0.500. The quantitative estimate of drug-likeness (QED) is 0.750. The molecule has 1 atom stereocenters. The molecule has 14 heavy (non-hydrogen) atoms. The molecule has 0 unspecified atom stereocenters. The van der Waals surface area contributed by atoms with E-state index in [0.717, 1.165) is 24.8 Å². The molecule has 1 aliphatic carbocycles. The standard InChI is InChI=1S/C12H17NO/c1-9-5-2-3-6-10(9)11(13)12(14)7-4-8-12/h2-3,5-6,11,14H,4,7-8,13H2,1H3/t11-/m1/s1. The Morgan fingerprint density at radius 2 is 2.00 bits per heavy atom. The normalized spacial score (nSPS) is 21.4. The van der Waals surface area contributed by atoms with E-state index in [1.165, 1.54) is 5.56 Å². The molecule has 0 bridgehead atoms. The minimum absolute atomic E-state index is 0.225. The first-order valence-electron chi connectivity index (χ1n) is 5.17. The third kappa shape index (κ3) is 1.45. The van der Waals surface area contributed by atoms with Crippen molar-refractivity contribution in [1.29, 1.82) is 0 Å². The number of aliphatic hydroxyl groups is 1. The summed E-state index contributed by atoms with van der Waals surface area (Å²) in [4.78, 5) is 0. The smallest absolute Gasteiger partial charge is 0.0839 e. The van der Waals surface area contributed by atoms with Gasteiger partial charge >= 0.3 is 0 Å². The number of aryl methyl sites for hydroxylation is 1. The molecular formula is C12H17NO. The second-order valence-corrected chi connectivity index (χ2v) is 4.29. The summed E-state index contributed by atoms with van der Waals surface area (Å²) in [5.41, 5.74) is 7.68. The first-order chi connectivity index (χ1) is 6.63. The zero-order chi connectivity index (χ0) is 10.2. The maximum Gasteiger partial charge on any atom is 0.0839 e. The van der Waals surface area contributed by atoms with Crippen LogP contribution >= 0.6 is 0 Å². The summed E-state index contributed by atoms with van der Waals surface area (Å²) in [6.45, 7) is 2.04. The van der Waals surface area contributed by atoms with Crippen molar-refractivity contribution >= 4 is 0 Å². The lowest BCUT2D eigenvalue weighted by atomic mass is 9.72. The average Bonchev–Trinajstić information content (AvgIpc) is 2.14. The van der Waals surface area contributed by atoms with Crippen LogP contribution in [0.1, 0.15) is 36.4 Å². The average molecular weight is 191 g/mol.